The largest absolute Gasteiger partial charge is 0.465 e. The molecule has 180 valence electrons. The number of nitrogens with zero attached hydrogens (tertiary/aromatic N) is 4. The van der Waals surface area contributed by atoms with E-state index in [4.69, 9.17) is 9.47 Å². The monoisotopic (exact) mass is 472 g/mol. The van der Waals surface area contributed by atoms with Gasteiger partial charge in [0.1, 0.15) is 5.69 Å². The molecule has 1 N–H and O–H groups in total. The summed E-state index contributed by atoms with van der Waals surface area (Å²) in [7, 11) is 0. The van der Waals surface area contributed by atoms with Crippen LogP contribution in [0.15, 0.2) is 79.0 Å². The molecule has 0 bridgehead atoms. The fraction of sp³-hybridized carbons (Fsp3) is 0.296. The number of hydrogen-bond donors (Lipinski definition) is 1. The van der Waals surface area contributed by atoms with E-state index in [9.17, 15) is 9.90 Å². The van der Waals surface area contributed by atoms with Gasteiger partial charge in [-0.2, -0.15) is 0 Å². The average molecular weight is 473 g/mol. The molecule has 1 amide bonds. The Labute approximate surface area is 203 Å². The smallest absolute Gasteiger partial charge is 0.407 e. The normalized spacial score (nSPS) is 18.1. The molecule has 1 saturated heterocycles. The predicted octanol–water partition coefficient (Wildman–Crippen LogP) is 4.66. The van der Waals surface area contributed by atoms with Gasteiger partial charge < -0.3 is 19.5 Å². The number of carbonyl (C=O) groups is 1. The van der Waals surface area contributed by atoms with Gasteiger partial charge in [0.25, 0.3) is 0 Å². The third-order valence-corrected chi connectivity index (χ3v) is 6.33. The summed E-state index contributed by atoms with van der Waals surface area (Å²) in [5.74, 6) is 0. The van der Waals surface area contributed by atoms with Crippen molar-refractivity contribution >= 4 is 16.9 Å². The summed E-state index contributed by atoms with van der Waals surface area (Å²) in [6.45, 7) is 1.96. The summed E-state index contributed by atoms with van der Waals surface area (Å²) in [6, 6.07) is 24.3. The Balaban J connectivity index is 1.25. The van der Waals surface area contributed by atoms with Crippen molar-refractivity contribution in [2.45, 2.75) is 38.4 Å². The summed E-state index contributed by atoms with van der Waals surface area (Å²) >= 11 is 0. The van der Waals surface area contributed by atoms with Crippen LogP contribution in [0.1, 0.15) is 29.3 Å². The molecule has 0 radical (unpaired) electrons. The molecule has 4 aromatic rings. The SMILES string of the molecule is O=C(O)N1CCC(n2cc(COCc3ccccc3)nn2)C(OCc2ccc3ccccc3c2)C1. The maximum absolute atomic E-state index is 11.6. The minimum Gasteiger partial charge on any atom is -0.465 e. The van der Waals surface area contributed by atoms with Crippen LogP contribution in [0.2, 0.25) is 0 Å². The van der Waals surface area contributed by atoms with E-state index in [2.05, 4.69) is 34.6 Å². The van der Waals surface area contributed by atoms with Crippen molar-refractivity contribution in [2.24, 2.45) is 0 Å². The number of likely N-dealkylation sites (tertiary alicyclic amines) is 1. The molecule has 8 nitrogen and oxygen atoms in total. The lowest BCUT2D eigenvalue weighted by molar-refractivity contribution is -0.0400. The van der Waals surface area contributed by atoms with Crippen LogP contribution in [-0.2, 0) is 29.3 Å². The standard InChI is InChI=1S/C27H28N4O4/c32-27(33)30-13-12-25(31-15-24(28-29-31)19-34-17-20-6-2-1-3-7-20)26(16-30)35-18-21-10-11-22-8-4-5-9-23(22)14-21/h1-11,14-15,25-26H,12-13,16-19H2,(H,32,33). The second-order valence-electron chi connectivity index (χ2n) is 8.78. The number of hydrogen-bond acceptors (Lipinski definition) is 5. The Kier molecular flexibility index (Phi) is 7.02. The van der Waals surface area contributed by atoms with Crippen molar-refractivity contribution in [3.63, 3.8) is 0 Å². The molecular formula is C27H28N4O4. The number of amides is 1. The van der Waals surface area contributed by atoms with Crippen LogP contribution in [0.25, 0.3) is 10.8 Å². The molecule has 0 spiro atoms. The van der Waals surface area contributed by atoms with Crippen LogP contribution in [0.5, 0.6) is 0 Å². The Morgan fingerprint density at radius 1 is 0.943 bits per heavy atom. The third-order valence-electron chi connectivity index (χ3n) is 6.33. The van der Waals surface area contributed by atoms with Gasteiger partial charge in [0.2, 0.25) is 0 Å². The van der Waals surface area contributed by atoms with Crippen molar-refractivity contribution in [1.29, 1.82) is 0 Å². The first-order valence-corrected chi connectivity index (χ1v) is 11.8. The molecule has 5 rings (SSSR count). The van der Waals surface area contributed by atoms with E-state index in [1.165, 1.54) is 10.3 Å². The number of piperidine rings is 1. The summed E-state index contributed by atoms with van der Waals surface area (Å²) in [6.07, 6.45) is 1.20. The summed E-state index contributed by atoms with van der Waals surface area (Å²) in [4.78, 5) is 13.0. The van der Waals surface area contributed by atoms with Gasteiger partial charge in [-0.15, -0.1) is 5.10 Å². The quantitative estimate of drug-likeness (QED) is 0.401. The summed E-state index contributed by atoms with van der Waals surface area (Å²) < 4.78 is 13.9. The molecule has 2 unspecified atom stereocenters. The molecule has 2 atom stereocenters. The van der Waals surface area contributed by atoms with Crippen LogP contribution >= 0.6 is 0 Å². The first kappa shape index (κ1) is 23.0. The Morgan fingerprint density at radius 2 is 1.74 bits per heavy atom. The highest BCUT2D eigenvalue weighted by Gasteiger charge is 2.34. The van der Waals surface area contributed by atoms with Crippen molar-refractivity contribution in [3.05, 3.63) is 95.8 Å². The van der Waals surface area contributed by atoms with Crippen molar-refractivity contribution in [3.8, 4) is 0 Å². The third kappa shape index (κ3) is 5.67. The number of ether oxygens (including phenoxy) is 2. The zero-order valence-corrected chi connectivity index (χ0v) is 19.4. The average Bonchev–Trinajstić information content (AvgIpc) is 3.36. The van der Waals surface area contributed by atoms with Crippen molar-refractivity contribution in [2.75, 3.05) is 13.1 Å². The highest BCUT2D eigenvalue weighted by atomic mass is 16.5. The molecule has 0 saturated carbocycles. The maximum Gasteiger partial charge on any atom is 0.407 e. The first-order chi connectivity index (χ1) is 17.2. The van der Waals surface area contributed by atoms with E-state index in [0.717, 1.165) is 22.2 Å². The van der Waals surface area contributed by atoms with Crippen LogP contribution in [0.4, 0.5) is 4.79 Å². The van der Waals surface area contributed by atoms with Crippen molar-refractivity contribution < 1.29 is 19.4 Å². The van der Waals surface area contributed by atoms with Gasteiger partial charge >= 0.3 is 6.09 Å². The van der Waals surface area contributed by atoms with Crippen LogP contribution in [-0.4, -0.2) is 50.3 Å². The number of fused-ring (bicyclic) bond motifs is 1. The van der Waals surface area contributed by atoms with Crippen LogP contribution < -0.4 is 0 Å². The number of rotatable bonds is 8. The topological polar surface area (TPSA) is 89.7 Å². The van der Waals surface area contributed by atoms with E-state index in [0.29, 0.717) is 32.8 Å². The highest BCUT2D eigenvalue weighted by molar-refractivity contribution is 5.82. The predicted molar refractivity (Wildman–Crippen MR) is 131 cm³/mol. The lowest BCUT2D eigenvalue weighted by Crippen LogP contribution is -2.48. The van der Waals surface area contributed by atoms with Crippen LogP contribution in [0.3, 0.4) is 0 Å². The first-order valence-electron chi connectivity index (χ1n) is 11.8. The van der Waals surface area contributed by atoms with E-state index < -0.39 is 6.09 Å². The fourth-order valence-corrected chi connectivity index (χ4v) is 4.47. The zero-order chi connectivity index (χ0) is 24.0. The maximum atomic E-state index is 11.6. The molecule has 1 aliphatic heterocycles. The second-order valence-corrected chi connectivity index (χ2v) is 8.78. The lowest BCUT2D eigenvalue weighted by atomic mass is 10.0. The van der Waals surface area contributed by atoms with Gasteiger partial charge in [0.15, 0.2) is 0 Å². The minimum atomic E-state index is -0.934. The lowest BCUT2D eigenvalue weighted by Gasteiger charge is -2.36. The molecule has 2 heterocycles. The molecule has 0 aliphatic carbocycles. The molecule has 35 heavy (non-hydrogen) atoms. The van der Waals surface area contributed by atoms with E-state index in [1.54, 1.807) is 4.68 Å². The van der Waals surface area contributed by atoms with Crippen molar-refractivity contribution in [1.82, 2.24) is 19.9 Å². The Bertz CT molecular complexity index is 1280. The zero-order valence-electron chi connectivity index (χ0n) is 19.4. The fourth-order valence-electron chi connectivity index (χ4n) is 4.47. The molecule has 1 fully saturated rings. The minimum absolute atomic E-state index is 0.110. The second kappa shape index (κ2) is 10.7. The Morgan fingerprint density at radius 3 is 2.57 bits per heavy atom. The molecule has 3 aromatic carbocycles. The van der Waals surface area contributed by atoms with Gasteiger partial charge in [0.05, 0.1) is 44.7 Å². The summed E-state index contributed by atoms with van der Waals surface area (Å²) in [5.41, 5.74) is 2.88. The highest BCUT2D eigenvalue weighted by Crippen LogP contribution is 2.27. The molecule has 8 heteroatoms. The number of carboxylic acid groups (broad SMARTS) is 1. The van der Waals surface area contributed by atoms with Gasteiger partial charge in [-0.05, 0) is 34.4 Å². The van der Waals surface area contributed by atoms with E-state index in [1.807, 2.05) is 54.7 Å². The number of aromatic nitrogens is 3. The molecule has 1 aromatic heterocycles. The van der Waals surface area contributed by atoms with E-state index in [-0.39, 0.29) is 18.7 Å². The van der Waals surface area contributed by atoms with Gasteiger partial charge in [-0.1, -0.05) is 71.9 Å². The number of benzene rings is 3. The Hall–Kier alpha value is -3.75. The van der Waals surface area contributed by atoms with Gasteiger partial charge in [-0.25, -0.2) is 9.48 Å². The van der Waals surface area contributed by atoms with Gasteiger partial charge in [0, 0.05) is 6.54 Å². The van der Waals surface area contributed by atoms with Gasteiger partial charge in [-0.3, -0.25) is 0 Å². The molecular weight excluding hydrogens is 444 g/mol. The molecule has 1 aliphatic rings. The van der Waals surface area contributed by atoms with Crippen LogP contribution in [0, 0.1) is 0 Å². The van der Waals surface area contributed by atoms with E-state index >= 15 is 0 Å². The summed E-state index contributed by atoms with van der Waals surface area (Å²) in [5, 5.41) is 20.4.